The van der Waals surface area contributed by atoms with Gasteiger partial charge in [-0.3, -0.25) is 19.7 Å². The average molecular weight is 507 g/mol. The number of rotatable bonds is 11. The number of carbonyl (C=O) groups excluding carboxylic acids is 2. The average Bonchev–Trinajstić information content (AvgIpc) is 3.59. The fourth-order valence-electron chi connectivity index (χ4n) is 3.59. The third kappa shape index (κ3) is 6.62. The zero-order valence-corrected chi connectivity index (χ0v) is 21.8. The molecule has 0 bridgehead atoms. The van der Waals surface area contributed by atoms with Gasteiger partial charge >= 0.3 is 0 Å². The maximum absolute atomic E-state index is 12.8. The molecule has 1 aliphatic rings. The summed E-state index contributed by atoms with van der Waals surface area (Å²) in [6.07, 6.45) is 5.47. The summed E-state index contributed by atoms with van der Waals surface area (Å²) in [5.74, 6) is 0.321. The van der Waals surface area contributed by atoms with Gasteiger partial charge in [-0.1, -0.05) is 13.0 Å². The number of amides is 2. The zero-order chi connectivity index (χ0) is 26.5. The molecule has 0 atom stereocenters. The number of anilines is 3. The van der Waals surface area contributed by atoms with E-state index in [1.54, 1.807) is 6.07 Å². The van der Waals surface area contributed by atoms with Gasteiger partial charge in [-0.15, -0.1) is 10.2 Å². The lowest BCUT2D eigenvalue weighted by Crippen LogP contribution is -2.38. The highest BCUT2D eigenvalue weighted by Gasteiger charge is 2.30. The molecule has 4 N–H and O–H groups in total. The minimum atomic E-state index is -0.457. The third-order valence-electron chi connectivity index (χ3n) is 5.66. The first kappa shape index (κ1) is 26.1. The van der Waals surface area contributed by atoms with E-state index in [1.807, 2.05) is 56.0 Å². The number of hydrazine groups is 1. The molecule has 2 heterocycles. The van der Waals surface area contributed by atoms with E-state index in [0.29, 0.717) is 23.7 Å². The molecule has 196 valence electrons. The van der Waals surface area contributed by atoms with E-state index >= 15 is 0 Å². The Morgan fingerprint density at radius 3 is 2.51 bits per heavy atom. The van der Waals surface area contributed by atoms with E-state index < -0.39 is 5.91 Å². The van der Waals surface area contributed by atoms with E-state index in [2.05, 4.69) is 50.6 Å². The maximum atomic E-state index is 12.8. The van der Waals surface area contributed by atoms with Crippen LogP contribution in [0.3, 0.4) is 0 Å². The van der Waals surface area contributed by atoms with Gasteiger partial charge < -0.3 is 15.4 Å². The lowest BCUT2D eigenvalue weighted by molar-refractivity contribution is -0.117. The molecule has 1 aromatic carbocycles. The summed E-state index contributed by atoms with van der Waals surface area (Å²) >= 11 is 0. The SMILES string of the molecule is CCNNC(=O)c1nnc(NC(=O)C2CC2)cc1Nc1ccc(-c2cnn(C(C)C)c2)cc1OC(C)C. The number of nitrogens with one attached hydrogen (secondary N) is 4. The van der Waals surface area contributed by atoms with Crippen molar-refractivity contribution >= 4 is 29.0 Å². The summed E-state index contributed by atoms with van der Waals surface area (Å²) < 4.78 is 8.03. The largest absolute Gasteiger partial charge is 0.489 e. The van der Waals surface area contributed by atoms with Crippen molar-refractivity contribution in [3.05, 3.63) is 42.4 Å². The number of hydrogen-bond acceptors (Lipinski definition) is 8. The van der Waals surface area contributed by atoms with Crippen molar-refractivity contribution in [1.82, 2.24) is 30.8 Å². The Bertz CT molecular complexity index is 1270. The predicted molar refractivity (Wildman–Crippen MR) is 142 cm³/mol. The van der Waals surface area contributed by atoms with E-state index in [9.17, 15) is 9.59 Å². The monoisotopic (exact) mass is 506 g/mol. The summed E-state index contributed by atoms with van der Waals surface area (Å²) in [6, 6.07) is 7.64. The fourth-order valence-corrected chi connectivity index (χ4v) is 3.59. The molecule has 1 saturated carbocycles. The highest BCUT2D eigenvalue weighted by Crippen LogP contribution is 2.35. The standard InChI is InChI=1S/C26H34N8O3/c1-6-27-33-26(36)24-21(12-23(31-32-24)30-25(35)17-7-8-17)29-20-10-9-18(11-22(20)37-16(4)5)19-13-28-34(14-19)15(2)3/h9-17,27H,6-8H2,1-5H3,(H,33,36)(H2,29,30,31,35). The Kier molecular flexibility index (Phi) is 8.02. The van der Waals surface area contributed by atoms with Gasteiger partial charge in [0.25, 0.3) is 5.91 Å². The normalized spacial score (nSPS) is 13.1. The number of ether oxygens (including phenoxy) is 1. The fraction of sp³-hybridized carbons (Fsp3) is 0.423. The zero-order valence-electron chi connectivity index (χ0n) is 21.8. The molecular weight excluding hydrogens is 472 g/mol. The molecule has 1 fully saturated rings. The first-order chi connectivity index (χ1) is 17.7. The number of benzene rings is 1. The van der Waals surface area contributed by atoms with Gasteiger partial charge in [0.2, 0.25) is 5.91 Å². The van der Waals surface area contributed by atoms with Crippen molar-refractivity contribution < 1.29 is 14.3 Å². The molecule has 0 radical (unpaired) electrons. The molecule has 0 aliphatic heterocycles. The molecule has 37 heavy (non-hydrogen) atoms. The van der Waals surface area contributed by atoms with Gasteiger partial charge in [-0.25, -0.2) is 5.43 Å². The van der Waals surface area contributed by atoms with Gasteiger partial charge in [0.1, 0.15) is 5.75 Å². The smallest absolute Gasteiger partial charge is 0.288 e. The van der Waals surface area contributed by atoms with Crippen LogP contribution in [0, 0.1) is 5.92 Å². The van der Waals surface area contributed by atoms with Crippen molar-refractivity contribution in [2.75, 3.05) is 17.2 Å². The maximum Gasteiger partial charge on any atom is 0.288 e. The van der Waals surface area contributed by atoms with Gasteiger partial charge in [0.05, 0.1) is 23.7 Å². The van der Waals surface area contributed by atoms with Gasteiger partial charge in [0, 0.05) is 36.3 Å². The molecule has 0 spiro atoms. The first-order valence-electron chi connectivity index (χ1n) is 12.6. The van der Waals surface area contributed by atoms with E-state index in [0.717, 1.165) is 24.0 Å². The van der Waals surface area contributed by atoms with Gasteiger partial charge in [-0.2, -0.15) is 5.10 Å². The second-order valence-corrected chi connectivity index (χ2v) is 9.55. The highest BCUT2D eigenvalue weighted by molar-refractivity contribution is 5.99. The summed E-state index contributed by atoms with van der Waals surface area (Å²) in [5, 5.41) is 18.7. The lowest BCUT2D eigenvalue weighted by Gasteiger charge is -2.18. The number of aromatic nitrogens is 4. The van der Waals surface area contributed by atoms with Crippen LogP contribution < -0.4 is 26.2 Å². The van der Waals surface area contributed by atoms with Crippen LogP contribution >= 0.6 is 0 Å². The third-order valence-corrected chi connectivity index (χ3v) is 5.66. The lowest BCUT2D eigenvalue weighted by atomic mass is 10.1. The van der Waals surface area contributed by atoms with Crippen LogP contribution in [0.15, 0.2) is 36.7 Å². The Hall–Kier alpha value is -3.99. The van der Waals surface area contributed by atoms with Crippen LogP contribution in [0.5, 0.6) is 5.75 Å². The second kappa shape index (κ2) is 11.4. The molecule has 3 aromatic rings. The minimum absolute atomic E-state index is 0.00794. The summed E-state index contributed by atoms with van der Waals surface area (Å²) in [7, 11) is 0. The number of hydrogen-bond donors (Lipinski definition) is 4. The van der Waals surface area contributed by atoms with E-state index in [1.165, 1.54) is 0 Å². The topological polar surface area (TPSA) is 135 Å². The van der Waals surface area contributed by atoms with Crippen LogP contribution in [0.4, 0.5) is 17.2 Å². The Labute approximate surface area is 216 Å². The Morgan fingerprint density at radius 1 is 1.08 bits per heavy atom. The predicted octanol–water partition coefficient (Wildman–Crippen LogP) is 4.05. The summed E-state index contributed by atoms with van der Waals surface area (Å²) in [6.45, 7) is 10.4. The second-order valence-electron chi connectivity index (χ2n) is 9.55. The number of nitrogens with zero attached hydrogens (tertiary/aromatic N) is 4. The van der Waals surface area contributed by atoms with Crippen molar-refractivity contribution in [2.24, 2.45) is 5.92 Å². The molecule has 0 saturated heterocycles. The number of carbonyl (C=O) groups is 2. The molecular formula is C26H34N8O3. The van der Waals surface area contributed by atoms with Crippen molar-refractivity contribution in [2.45, 2.75) is 59.6 Å². The van der Waals surface area contributed by atoms with Crippen LogP contribution in [0.2, 0.25) is 0 Å². The molecule has 2 aromatic heterocycles. The van der Waals surface area contributed by atoms with Gasteiger partial charge in [0.15, 0.2) is 11.5 Å². The molecule has 11 nitrogen and oxygen atoms in total. The molecule has 4 rings (SSSR count). The van der Waals surface area contributed by atoms with Crippen LogP contribution in [0.25, 0.3) is 11.1 Å². The van der Waals surface area contributed by atoms with Crippen LogP contribution in [-0.2, 0) is 4.79 Å². The van der Waals surface area contributed by atoms with Crippen molar-refractivity contribution in [3.8, 4) is 16.9 Å². The summed E-state index contributed by atoms with van der Waals surface area (Å²) in [5.41, 5.74) is 8.38. The minimum Gasteiger partial charge on any atom is -0.489 e. The van der Waals surface area contributed by atoms with Crippen LogP contribution in [0.1, 0.15) is 64.0 Å². The van der Waals surface area contributed by atoms with E-state index in [4.69, 9.17) is 4.74 Å². The van der Waals surface area contributed by atoms with Crippen molar-refractivity contribution in [3.63, 3.8) is 0 Å². The molecule has 1 aliphatic carbocycles. The Balaban J connectivity index is 1.68. The molecule has 11 heteroatoms. The van der Waals surface area contributed by atoms with Crippen LogP contribution in [-0.4, -0.2) is 44.4 Å². The highest BCUT2D eigenvalue weighted by atomic mass is 16.5. The quantitative estimate of drug-likeness (QED) is 0.286. The summed E-state index contributed by atoms with van der Waals surface area (Å²) in [4.78, 5) is 25.1. The van der Waals surface area contributed by atoms with Crippen molar-refractivity contribution in [1.29, 1.82) is 0 Å². The molecule has 2 amide bonds. The first-order valence-corrected chi connectivity index (χ1v) is 12.6. The Morgan fingerprint density at radius 2 is 1.86 bits per heavy atom. The molecule has 0 unspecified atom stereocenters. The van der Waals surface area contributed by atoms with Gasteiger partial charge in [-0.05, 0) is 58.2 Å². The van der Waals surface area contributed by atoms with E-state index in [-0.39, 0.29) is 35.5 Å².